The van der Waals surface area contributed by atoms with Crippen molar-refractivity contribution < 1.29 is 9.53 Å². The fraction of sp³-hybridized carbons (Fsp3) is 0.929. The third kappa shape index (κ3) is 3.64. The van der Waals surface area contributed by atoms with Gasteiger partial charge >= 0.3 is 0 Å². The van der Waals surface area contributed by atoms with Crippen LogP contribution in [0.3, 0.4) is 0 Å². The van der Waals surface area contributed by atoms with Crippen LogP contribution < -0.4 is 10.6 Å². The summed E-state index contributed by atoms with van der Waals surface area (Å²) < 4.78 is 5.58. The molecule has 0 radical (unpaired) electrons. The second-order valence-corrected chi connectivity index (χ2v) is 6.78. The van der Waals surface area contributed by atoms with Crippen molar-refractivity contribution in [2.45, 2.75) is 55.4 Å². The van der Waals surface area contributed by atoms with Gasteiger partial charge in [0.15, 0.2) is 0 Å². The van der Waals surface area contributed by atoms with Crippen molar-refractivity contribution in [3.05, 3.63) is 0 Å². The van der Waals surface area contributed by atoms with Crippen LogP contribution >= 0.6 is 11.8 Å². The Bertz CT molecular complexity index is 306. The van der Waals surface area contributed by atoms with E-state index < -0.39 is 5.60 Å². The minimum absolute atomic E-state index is 0.100. The summed E-state index contributed by atoms with van der Waals surface area (Å²) in [5.41, 5.74) is -0.600. The second kappa shape index (κ2) is 6.95. The molecule has 0 aromatic rings. The van der Waals surface area contributed by atoms with Crippen molar-refractivity contribution in [1.82, 2.24) is 10.6 Å². The van der Waals surface area contributed by atoms with Crippen molar-refractivity contribution in [3.8, 4) is 0 Å². The summed E-state index contributed by atoms with van der Waals surface area (Å²) in [6.45, 7) is 1.72. The van der Waals surface area contributed by atoms with E-state index in [9.17, 15) is 4.79 Å². The van der Waals surface area contributed by atoms with Gasteiger partial charge in [0.2, 0.25) is 0 Å². The molecule has 0 aromatic carbocycles. The standard InChI is InChI=1S/C14H26N2O2S/c1-18-14(6-8-15-9-7-14)13(17)16-11-4-3-5-12(10-11)19-2/h11-12,15H,3-10H2,1-2H3,(H,16,17). The van der Waals surface area contributed by atoms with E-state index in [2.05, 4.69) is 16.9 Å². The minimum Gasteiger partial charge on any atom is -0.368 e. The van der Waals surface area contributed by atoms with E-state index in [0.717, 1.165) is 38.8 Å². The molecule has 1 saturated carbocycles. The van der Waals surface area contributed by atoms with Crippen molar-refractivity contribution in [3.63, 3.8) is 0 Å². The lowest BCUT2D eigenvalue weighted by Crippen LogP contribution is -2.56. The van der Waals surface area contributed by atoms with E-state index >= 15 is 0 Å². The normalized spacial score (nSPS) is 30.8. The van der Waals surface area contributed by atoms with Crippen LogP contribution in [0.4, 0.5) is 0 Å². The third-order valence-corrected chi connectivity index (χ3v) is 5.61. The first-order valence-electron chi connectivity index (χ1n) is 7.30. The molecule has 1 amide bonds. The zero-order valence-electron chi connectivity index (χ0n) is 12.0. The largest absolute Gasteiger partial charge is 0.368 e. The second-order valence-electron chi connectivity index (χ2n) is 5.64. The first-order chi connectivity index (χ1) is 9.20. The topological polar surface area (TPSA) is 50.4 Å². The van der Waals surface area contributed by atoms with Crippen molar-refractivity contribution in [2.24, 2.45) is 0 Å². The van der Waals surface area contributed by atoms with Crippen LogP contribution in [0.15, 0.2) is 0 Å². The van der Waals surface area contributed by atoms with Gasteiger partial charge in [0.05, 0.1) is 0 Å². The summed E-state index contributed by atoms with van der Waals surface area (Å²) in [6, 6.07) is 0.334. The SMILES string of the molecule is COC1(C(=O)NC2CCCC(SC)C2)CCNCC1. The molecule has 110 valence electrons. The van der Waals surface area contributed by atoms with Gasteiger partial charge in [-0.2, -0.15) is 11.8 Å². The number of carbonyl (C=O) groups excluding carboxylic acids is 1. The Labute approximate surface area is 120 Å². The van der Waals surface area contributed by atoms with Crippen LogP contribution in [0.5, 0.6) is 0 Å². The van der Waals surface area contributed by atoms with Crippen LogP contribution in [-0.4, -0.2) is 49.3 Å². The third-order valence-electron chi connectivity index (χ3n) is 4.51. The van der Waals surface area contributed by atoms with E-state index in [4.69, 9.17) is 4.74 Å². The summed E-state index contributed by atoms with van der Waals surface area (Å²) in [5, 5.41) is 7.22. The molecule has 1 aliphatic heterocycles. The maximum absolute atomic E-state index is 12.5. The highest BCUT2D eigenvalue weighted by molar-refractivity contribution is 7.99. The average Bonchev–Trinajstić information content (AvgIpc) is 2.48. The molecule has 2 aliphatic rings. The lowest BCUT2D eigenvalue weighted by Gasteiger charge is -2.37. The number of thioether (sulfide) groups is 1. The van der Waals surface area contributed by atoms with E-state index in [-0.39, 0.29) is 5.91 Å². The summed E-state index contributed by atoms with van der Waals surface area (Å²) in [5.74, 6) is 0.100. The molecule has 19 heavy (non-hydrogen) atoms. The summed E-state index contributed by atoms with van der Waals surface area (Å²) in [7, 11) is 1.66. The Hall–Kier alpha value is -0.260. The van der Waals surface area contributed by atoms with Crippen molar-refractivity contribution >= 4 is 17.7 Å². The average molecular weight is 286 g/mol. The molecular weight excluding hydrogens is 260 g/mol. The number of methoxy groups -OCH3 is 1. The maximum Gasteiger partial charge on any atom is 0.252 e. The Morgan fingerprint density at radius 3 is 2.74 bits per heavy atom. The summed E-state index contributed by atoms with van der Waals surface area (Å²) >= 11 is 1.92. The van der Waals surface area contributed by atoms with Gasteiger partial charge in [-0.15, -0.1) is 0 Å². The molecule has 0 bridgehead atoms. The molecule has 0 spiro atoms. The number of carbonyl (C=O) groups is 1. The molecule has 4 nitrogen and oxygen atoms in total. The zero-order valence-corrected chi connectivity index (χ0v) is 12.9. The molecule has 5 heteroatoms. The lowest BCUT2D eigenvalue weighted by molar-refractivity contribution is -0.147. The molecule has 2 N–H and O–H groups in total. The van der Waals surface area contributed by atoms with E-state index in [1.807, 2.05) is 11.8 Å². The lowest BCUT2D eigenvalue weighted by atomic mass is 9.89. The molecule has 2 fully saturated rings. The van der Waals surface area contributed by atoms with Crippen LogP contribution in [0.25, 0.3) is 0 Å². The van der Waals surface area contributed by atoms with Gasteiger partial charge < -0.3 is 15.4 Å². The van der Waals surface area contributed by atoms with Crippen LogP contribution in [-0.2, 0) is 9.53 Å². The van der Waals surface area contributed by atoms with Crippen LogP contribution in [0.1, 0.15) is 38.5 Å². The highest BCUT2D eigenvalue weighted by Gasteiger charge is 2.40. The number of rotatable bonds is 4. The first-order valence-corrected chi connectivity index (χ1v) is 8.58. The smallest absolute Gasteiger partial charge is 0.252 e. The number of ether oxygens (including phenoxy) is 1. The van der Waals surface area contributed by atoms with Gasteiger partial charge in [0.25, 0.3) is 5.91 Å². The summed E-state index contributed by atoms with van der Waals surface area (Å²) in [6.07, 6.45) is 8.43. The predicted octanol–water partition coefficient (Wildman–Crippen LogP) is 1.55. The Balaban J connectivity index is 1.91. The van der Waals surface area contributed by atoms with E-state index in [1.54, 1.807) is 7.11 Å². The van der Waals surface area contributed by atoms with E-state index in [0.29, 0.717) is 11.3 Å². The number of hydrogen-bond acceptors (Lipinski definition) is 4. The van der Waals surface area contributed by atoms with Crippen molar-refractivity contribution in [2.75, 3.05) is 26.5 Å². The predicted molar refractivity (Wildman–Crippen MR) is 79.5 cm³/mol. The molecule has 1 heterocycles. The van der Waals surface area contributed by atoms with Crippen LogP contribution in [0, 0.1) is 0 Å². The van der Waals surface area contributed by atoms with Gasteiger partial charge in [-0.3, -0.25) is 4.79 Å². The Kier molecular flexibility index (Phi) is 5.54. The highest BCUT2D eigenvalue weighted by Crippen LogP contribution is 2.28. The minimum atomic E-state index is -0.600. The zero-order chi connectivity index (χ0) is 13.7. The monoisotopic (exact) mass is 286 g/mol. The van der Waals surface area contributed by atoms with Gasteiger partial charge in [0, 0.05) is 18.4 Å². The number of amides is 1. The molecular formula is C14H26N2O2S. The molecule has 1 saturated heterocycles. The number of hydrogen-bond donors (Lipinski definition) is 2. The number of nitrogens with one attached hydrogen (secondary N) is 2. The van der Waals surface area contributed by atoms with Gasteiger partial charge in [-0.05, 0) is 51.4 Å². The number of piperidine rings is 1. The van der Waals surface area contributed by atoms with Gasteiger partial charge in [0.1, 0.15) is 5.60 Å². The van der Waals surface area contributed by atoms with E-state index in [1.165, 1.54) is 12.8 Å². The Morgan fingerprint density at radius 1 is 1.37 bits per heavy atom. The Morgan fingerprint density at radius 2 is 2.11 bits per heavy atom. The molecule has 1 aliphatic carbocycles. The van der Waals surface area contributed by atoms with Crippen molar-refractivity contribution in [1.29, 1.82) is 0 Å². The van der Waals surface area contributed by atoms with Crippen LogP contribution in [0.2, 0.25) is 0 Å². The maximum atomic E-state index is 12.5. The molecule has 0 aromatic heterocycles. The fourth-order valence-corrected chi connectivity index (χ4v) is 3.99. The molecule has 2 atom stereocenters. The van der Waals surface area contributed by atoms with Gasteiger partial charge in [-0.25, -0.2) is 0 Å². The molecule has 2 rings (SSSR count). The van der Waals surface area contributed by atoms with Gasteiger partial charge in [-0.1, -0.05) is 6.42 Å². The summed E-state index contributed by atoms with van der Waals surface area (Å²) in [4.78, 5) is 12.5. The molecule has 2 unspecified atom stereocenters. The highest BCUT2D eigenvalue weighted by atomic mass is 32.2. The quantitative estimate of drug-likeness (QED) is 0.823. The fourth-order valence-electron chi connectivity index (χ4n) is 3.16. The first kappa shape index (κ1) is 15.1.